The lowest BCUT2D eigenvalue weighted by Gasteiger charge is -2.56. The molecule has 5 nitrogen and oxygen atoms in total. The molecular formula is C20H28N2O3. The number of nitrogens with zero attached hydrogens (tertiary/aromatic N) is 1. The van der Waals surface area contributed by atoms with Gasteiger partial charge in [-0.05, 0) is 43.7 Å². The third-order valence-electron chi connectivity index (χ3n) is 6.47. The van der Waals surface area contributed by atoms with Crippen LogP contribution in [-0.2, 0) is 17.6 Å². The van der Waals surface area contributed by atoms with Crippen molar-refractivity contribution in [1.29, 1.82) is 0 Å². The third kappa shape index (κ3) is 2.93. The van der Waals surface area contributed by atoms with Gasteiger partial charge in [0, 0.05) is 37.6 Å². The van der Waals surface area contributed by atoms with Gasteiger partial charge in [0.1, 0.15) is 0 Å². The van der Waals surface area contributed by atoms with Crippen LogP contribution in [0, 0.1) is 5.41 Å². The van der Waals surface area contributed by atoms with Crippen molar-refractivity contribution in [3.63, 3.8) is 0 Å². The zero-order chi connectivity index (χ0) is 17.4. The highest BCUT2D eigenvalue weighted by Gasteiger charge is 2.56. The molecule has 1 aliphatic heterocycles. The molecule has 1 aromatic carbocycles. The fourth-order valence-electron chi connectivity index (χ4n) is 4.87. The number of amides is 2. The van der Waals surface area contributed by atoms with Gasteiger partial charge in [-0.1, -0.05) is 24.3 Å². The number of piperidine rings is 1. The number of aliphatic hydroxyl groups excluding tert-OH is 1. The molecule has 25 heavy (non-hydrogen) atoms. The van der Waals surface area contributed by atoms with Crippen LogP contribution in [0.1, 0.15) is 37.3 Å². The topological polar surface area (TPSA) is 61.8 Å². The quantitative estimate of drug-likeness (QED) is 0.883. The van der Waals surface area contributed by atoms with Crippen LogP contribution >= 0.6 is 0 Å². The van der Waals surface area contributed by atoms with E-state index in [0.29, 0.717) is 19.7 Å². The minimum atomic E-state index is -0.279. The van der Waals surface area contributed by atoms with Crippen LogP contribution in [0.15, 0.2) is 24.3 Å². The zero-order valence-corrected chi connectivity index (χ0v) is 14.9. The summed E-state index contributed by atoms with van der Waals surface area (Å²) in [6, 6.07) is 8.66. The number of nitrogens with one attached hydrogen (secondary N) is 1. The highest BCUT2D eigenvalue weighted by molar-refractivity contribution is 5.75. The Hall–Kier alpha value is -1.59. The highest BCUT2D eigenvalue weighted by atomic mass is 16.5. The molecule has 0 bridgehead atoms. The molecular weight excluding hydrogens is 316 g/mol. The number of hydrogen-bond donors (Lipinski definition) is 2. The number of carbonyl (C=O) groups is 1. The van der Waals surface area contributed by atoms with E-state index in [4.69, 9.17) is 4.74 Å². The lowest BCUT2D eigenvalue weighted by Crippen LogP contribution is -2.63. The SMILES string of the molecule is CCO[C@H]1C[C@@H](O)C12CCN(C(=O)NC1Cc3ccccc3C1)CC2. The molecule has 1 aromatic rings. The molecule has 2 amide bonds. The Morgan fingerprint density at radius 1 is 1.28 bits per heavy atom. The highest BCUT2D eigenvalue weighted by Crippen LogP contribution is 2.50. The summed E-state index contributed by atoms with van der Waals surface area (Å²) in [6.45, 7) is 4.09. The van der Waals surface area contributed by atoms with Gasteiger partial charge >= 0.3 is 6.03 Å². The van der Waals surface area contributed by atoms with Crippen molar-refractivity contribution in [2.24, 2.45) is 5.41 Å². The number of rotatable bonds is 3. The second kappa shape index (κ2) is 6.61. The molecule has 1 heterocycles. The molecule has 1 saturated carbocycles. The number of likely N-dealkylation sites (tertiary alicyclic amines) is 1. The number of carbonyl (C=O) groups excluding carboxylic acids is 1. The molecule has 4 rings (SSSR count). The van der Waals surface area contributed by atoms with Crippen LogP contribution in [0.5, 0.6) is 0 Å². The van der Waals surface area contributed by atoms with Gasteiger partial charge in [0.2, 0.25) is 0 Å². The molecule has 2 N–H and O–H groups in total. The van der Waals surface area contributed by atoms with E-state index in [1.807, 2.05) is 11.8 Å². The average Bonchev–Trinajstić information content (AvgIpc) is 3.04. The molecule has 136 valence electrons. The summed E-state index contributed by atoms with van der Waals surface area (Å²) in [5, 5.41) is 13.5. The van der Waals surface area contributed by atoms with Crippen molar-refractivity contribution < 1.29 is 14.6 Å². The number of aliphatic hydroxyl groups is 1. The number of ether oxygens (including phenoxy) is 1. The largest absolute Gasteiger partial charge is 0.392 e. The van der Waals surface area contributed by atoms with Gasteiger partial charge in [0.05, 0.1) is 12.2 Å². The first-order chi connectivity index (χ1) is 12.1. The number of hydrogen-bond acceptors (Lipinski definition) is 3. The van der Waals surface area contributed by atoms with Crippen molar-refractivity contribution in [2.45, 2.75) is 57.3 Å². The Balaban J connectivity index is 1.30. The minimum absolute atomic E-state index is 0.0365. The third-order valence-corrected chi connectivity index (χ3v) is 6.47. The van der Waals surface area contributed by atoms with Crippen molar-refractivity contribution in [1.82, 2.24) is 10.2 Å². The summed E-state index contributed by atoms with van der Waals surface area (Å²) in [6.07, 6.45) is 4.12. The summed E-state index contributed by atoms with van der Waals surface area (Å²) < 4.78 is 5.80. The number of fused-ring (bicyclic) bond motifs is 1. The van der Waals surface area contributed by atoms with Gasteiger partial charge in [-0.25, -0.2) is 4.79 Å². The zero-order valence-electron chi connectivity index (χ0n) is 14.9. The van der Waals surface area contributed by atoms with Gasteiger partial charge in [-0.3, -0.25) is 0 Å². The molecule has 1 spiro atoms. The minimum Gasteiger partial charge on any atom is -0.392 e. The van der Waals surface area contributed by atoms with Crippen LogP contribution in [0.3, 0.4) is 0 Å². The van der Waals surface area contributed by atoms with E-state index >= 15 is 0 Å². The average molecular weight is 344 g/mol. The van der Waals surface area contributed by atoms with Crippen molar-refractivity contribution in [3.8, 4) is 0 Å². The van der Waals surface area contributed by atoms with Gasteiger partial charge in [0.25, 0.3) is 0 Å². The van der Waals surface area contributed by atoms with Crippen molar-refractivity contribution in [3.05, 3.63) is 35.4 Å². The lowest BCUT2D eigenvalue weighted by molar-refractivity contribution is -0.207. The second-order valence-corrected chi connectivity index (χ2v) is 7.74. The smallest absolute Gasteiger partial charge is 0.317 e. The molecule has 0 radical (unpaired) electrons. The molecule has 2 fully saturated rings. The Morgan fingerprint density at radius 2 is 1.92 bits per heavy atom. The first-order valence-corrected chi connectivity index (χ1v) is 9.54. The summed E-state index contributed by atoms with van der Waals surface area (Å²) in [7, 11) is 0. The van der Waals surface area contributed by atoms with Crippen molar-refractivity contribution >= 4 is 6.03 Å². The van der Waals surface area contributed by atoms with E-state index in [-0.39, 0.29) is 29.7 Å². The van der Waals surface area contributed by atoms with E-state index in [1.165, 1.54) is 11.1 Å². The van der Waals surface area contributed by atoms with E-state index in [1.54, 1.807) is 0 Å². The Morgan fingerprint density at radius 3 is 2.48 bits per heavy atom. The summed E-state index contributed by atoms with van der Waals surface area (Å²) in [5.74, 6) is 0. The first-order valence-electron chi connectivity index (χ1n) is 9.54. The van der Waals surface area contributed by atoms with Crippen LogP contribution < -0.4 is 5.32 Å². The predicted octanol–water partition coefficient (Wildman–Crippen LogP) is 2.12. The maximum absolute atomic E-state index is 12.6. The van der Waals surface area contributed by atoms with Crippen LogP contribution in [0.25, 0.3) is 0 Å². The molecule has 0 aromatic heterocycles. The number of benzene rings is 1. The van der Waals surface area contributed by atoms with E-state index < -0.39 is 0 Å². The number of urea groups is 1. The monoisotopic (exact) mass is 344 g/mol. The molecule has 2 aliphatic carbocycles. The Kier molecular flexibility index (Phi) is 4.46. The Bertz CT molecular complexity index is 613. The normalized spacial score (nSPS) is 27.8. The van der Waals surface area contributed by atoms with Gasteiger partial charge < -0.3 is 20.1 Å². The second-order valence-electron chi connectivity index (χ2n) is 7.74. The van der Waals surface area contributed by atoms with E-state index in [0.717, 1.165) is 32.1 Å². The van der Waals surface area contributed by atoms with Gasteiger partial charge in [0.15, 0.2) is 0 Å². The van der Waals surface area contributed by atoms with Crippen LogP contribution in [0.4, 0.5) is 4.79 Å². The maximum atomic E-state index is 12.6. The van der Waals surface area contributed by atoms with E-state index in [9.17, 15) is 9.90 Å². The lowest BCUT2D eigenvalue weighted by atomic mass is 9.58. The van der Waals surface area contributed by atoms with Crippen LogP contribution in [0.2, 0.25) is 0 Å². The molecule has 3 aliphatic rings. The summed E-state index contributed by atoms with van der Waals surface area (Å²) >= 11 is 0. The standard InChI is InChI=1S/C20H28N2O3/c1-2-25-18-13-17(23)20(18)7-9-22(10-8-20)19(24)21-16-11-14-5-3-4-6-15(14)12-16/h3-6,16-18,23H,2,7-13H2,1H3,(H,21,24)/t17-,18+/m1/s1. The fourth-order valence-corrected chi connectivity index (χ4v) is 4.87. The molecule has 5 heteroatoms. The van der Waals surface area contributed by atoms with Crippen LogP contribution in [-0.4, -0.2) is 54.0 Å². The van der Waals surface area contributed by atoms with E-state index in [2.05, 4.69) is 29.6 Å². The first kappa shape index (κ1) is 16.9. The predicted molar refractivity (Wildman–Crippen MR) is 95.4 cm³/mol. The van der Waals surface area contributed by atoms with Gasteiger partial charge in [-0.2, -0.15) is 0 Å². The maximum Gasteiger partial charge on any atom is 0.317 e. The summed E-state index contributed by atoms with van der Waals surface area (Å²) in [4.78, 5) is 14.5. The van der Waals surface area contributed by atoms with Crippen molar-refractivity contribution in [2.75, 3.05) is 19.7 Å². The van der Waals surface area contributed by atoms with Gasteiger partial charge in [-0.15, -0.1) is 0 Å². The molecule has 0 unspecified atom stereocenters. The Labute approximate surface area is 149 Å². The summed E-state index contributed by atoms with van der Waals surface area (Å²) in [5.41, 5.74) is 2.57. The fraction of sp³-hybridized carbons (Fsp3) is 0.650. The molecule has 1 saturated heterocycles. The molecule has 2 atom stereocenters.